The van der Waals surface area contributed by atoms with Crippen molar-refractivity contribution < 1.29 is 9.84 Å². The standard InChI is InChI=1S/C22H23NO2/c23-22(24,16-15-18-7-3-1-4-8-18)20-11-13-21(14-12-20)25-17-19-9-5-2-6-10-19/h1-14,24H,15-17,23H2. The molecule has 3 heteroatoms. The summed E-state index contributed by atoms with van der Waals surface area (Å²) >= 11 is 0. The lowest BCUT2D eigenvalue weighted by Gasteiger charge is -2.24. The summed E-state index contributed by atoms with van der Waals surface area (Å²) in [5, 5.41) is 10.6. The fourth-order valence-corrected chi connectivity index (χ4v) is 2.70. The summed E-state index contributed by atoms with van der Waals surface area (Å²) in [6.07, 6.45) is 1.18. The Morgan fingerprint density at radius 1 is 0.760 bits per heavy atom. The lowest BCUT2D eigenvalue weighted by Crippen LogP contribution is -2.36. The molecule has 3 nitrogen and oxygen atoms in total. The summed E-state index contributed by atoms with van der Waals surface area (Å²) in [5.41, 5.74) is 7.73. The van der Waals surface area contributed by atoms with E-state index in [0.29, 0.717) is 18.6 Å². The van der Waals surface area contributed by atoms with E-state index in [-0.39, 0.29) is 0 Å². The maximum atomic E-state index is 10.6. The number of aryl methyl sites for hydroxylation is 1. The normalized spacial score (nSPS) is 13.2. The van der Waals surface area contributed by atoms with E-state index in [1.54, 1.807) is 0 Å². The lowest BCUT2D eigenvalue weighted by molar-refractivity contribution is 0.0345. The average molecular weight is 333 g/mol. The second kappa shape index (κ2) is 7.97. The van der Waals surface area contributed by atoms with Gasteiger partial charge in [-0.15, -0.1) is 0 Å². The molecule has 0 saturated carbocycles. The molecule has 0 radical (unpaired) electrons. The minimum atomic E-state index is -1.35. The van der Waals surface area contributed by atoms with Crippen LogP contribution < -0.4 is 10.5 Å². The highest BCUT2D eigenvalue weighted by molar-refractivity contribution is 5.31. The van der Waals surface area contributed by atoms with Gasteiger partial charge in [-0.2, -0.15) is 0 Å². The SMILES string of the molecule is NC(O)(CCc1ccccc1)c1ccc(OCc2ccccc2)cc1. The van der Waals surface area contributed by atoms with Gasteiger partial charge in [0, 0.05) is 0 Å². The van der Waals surface area contributed by atoms with E-state index in [1.165, 1.54) is 0 Å². The Balaban J connectivity index is 1.58. The van der Waals surface area contributed by atoms with Gasteiger partial charge in [-0.25, -0.2) is 0 Å². The van der Waals surface area contributed by atoms with Crippen LogP contribution in [0, 0.1) is 0 Å². The van der Waals surface area contributed by atoms with E-state index >= 15 is 0 Å². The van der Waals surface area contributed by atoms with Crippen LogP contribution in [-0.4, -0.2) is 5.11 Å². The molecule has 0 spiro atoms. The number of hydrogen-bond donors (Lipinski definition) is 2. The highest BCUT2D eigenvalue weighted by atomic mass is 16.5. The van der Waals surface area contributed by atoms with Crippen LogP contribution in [0.5, 0.6) is 5.75 Å². The monoisotopic (exact) mass is 333 g/mol. The largest absolute Gasteiger partial charge is 0.489 e. The molecule has 128 valence electrons. The second-order valence-corrected chi connectivity index (χ2v) is 6.21. The fourth-order valence-electron chi connectivity index (χ4n) is 2.70. The average Bonchev–Trinajstić information content (AvgIpc) is 2.67. The predicted molar refractivity (Wildman–Crippen MR) is 100 cm³/mol. The van der Waals surface area contributed by atoms with Crippen molar-refractivity contribution in [3.8, 4) is 5.75 Å². The minimum Gasteiger partial charge on any atom is -0.489 e. The molecule has 0 heterocycles. The number of rotatable bonds is 7. The van der Waals surface area contributed by atoms with E-state index in [2.05, 4.69) is 0 Å². The second-order valence-electron chi connectivity index (χ2n) is 6.21. The Bertz CT molecular complexity index is 768. The highest BCUT2D eigenvalue weighted by Crippen LogP contribution is 2.24. The summed E-state index contributed by atoms with van der Waals surface area (Å²) in [4.78, 5) is 0. The van der Waals surface area contributed by atoms with Crippen LogP contribution in [0.25, 0.3) is 0 Å². The van der Waals surface area contributed by atoms with Gasteiger partial charge in [-0.1, -0.05) is 72.8 Å². The van der Waals surface area contributed by atoms with Crippen LogP contribution in [0.2, 0.25) is 0 Å². The molecule has 0 aliphatic carbocycles. The predicted octanol–water partition coefficient (Wildman–Crippen LogP) is 4.00. The molecular weight excluding hydrogens is 310 g/mol. The van der Waals surface area contributed by atoms with Crippen LogP contribution in [0.4, 0.5) is 0 Å². The van der Waals surface area contributed by atoms with Crippen molar-refractivity contribution in [1.82, 2.24) is 0 Å². The number of aliphatic hydroxyl groups is 1. The van der Waals surface area contributed by atoms with Crippen molar-refractivity contribution in [2.45, 2.75) is 25.2 Å². The molecule has 3 aromatic rings. The van der Waals surface area contributed by atoms with Gasteiger partial charge < -0.3 is 9.84 Å². The van der Waals surface area contributed by atoms with Crippen LogP contribution in [0.3, 0.4) is 0 Å². The third-order valence-corrected chi connectivity index (χ3v) is 4.24. The maximum Gasteiger partial charge on any atom is 0.139 e. The fraction of sp³-hybridized carbons (Fsp3) is 0.182. The van der Waals surface area contributed by atoms with Crippen LogP contribution in [0.15, 0.2) is 84.9 Å². The van der Waals surface area contributed by atoms with E-state index < -0.39 is 5.72 Å². The number of ether oxygens (including phenoxy) is 1. The smallest absolute Gasteiger partial charge is 0.139 e. The summed E-state index contributed by atoms with van der Waals surface area (Å²) in [6, 6.07) is 27.4. The maximum absolute atomic E-state index is 10.6. The molecule has 0 bridgehead atoms. The summed E-state index contributed by atoms with van der Waals surface area (Å²) in [5.74, 6) is 0.756. The molecule has 0 fully saturated rings. The van der Waals surface area contributed by atoms with Crippen LogP contribution in [0.1, 0.15) is 23.1 Å². The molecular formula is C22H23NO2. The third-order valence-electron chi connectivity index (χ3n) is 4.24. The van der Waals surface area contributed by atoms with Crippen molar-refractivity contribution in [1.29, 1.82) is 0 Å². The van der Waals surface area contributed by atoms with Gasteiger partial charge in [-0.05, 0) is 41.7 Å². The first-order valence-corrected chi connectivity index (χ1v) is 8.46. The van der Waals surface area contributed by atoms with Gasteiger partial charge in [-0.3, -0.25) is 5.73 Å². The van der Waals surface area contributed by atoms with Gasteiger partial charge in [0.1, 0.15) is 18.1 Å². The number of nitrogens with two attached hydrogens (primary N) is 1. The van der Waals surface area contributed by atoms with Crippen LogP contribution >= 0.6 is 0 Å². The first-order valence-electron chi connectivity index (χ1n) is 8.46. The molecule has 3 aromatic carbocycles. The molecule has 25 heavy (non-hydrogen) atoms. The number of hydrogen-bond acceptors (Lipinski definition) is 3. The van der Waals surface area contributed by atoms with Crippen LogP contribution in [-0.2, 0) is 18.8 Å². The molecule has 0 aromatic heterocycles. The Morgan fingerprint density at radius 2 is 1.32 bits per heavy atom. The van der Waals surface area contributed by atoms with Gasteiger partial charge in [0.05, 0.1) is 0 Å². The highest BCUT2D eigenvalue weighted by Gasteiger charge is 2.23. The first-order chi connectivity index (χ1) is 12.1. The molecule has 3 N–H and O–H groups in total. The quantitative estimate of drug-likeness (QED) is 0.643. The van der Waals surface area contributed by atoms with Gasteiger partial charge >= 0.3 is 0 Å². The van der Waals surface area contributed by atoms with E-state index in [0.717, 1.165) is 23.3 Å². The Labute approximate surface area is 148 Å². The summed E-state index contributed by atoms with van der Waals surface area (Å²) in [7, 11) is 0. The summed E-state index contributed by atoms with van der Waals surface area (Å²) < 4.78 is 5.77. The van der Waals surface area contributed by atoms with E-state index in [9.17, 15) is 5.11 Å². The van der Waals surface area contributed by atoms with Gasteiger partial charge in [0.25, 0.3) is 0 Å². The molecule has 0 aliphatic heterocycles. The lowest BCUT2D eigenvalue weighted by atomic mass is 9.96. The van der Waals surface area contributed by atoms with Gasteiger partial charge in [0.15, 0.2) is 0 Å². The Kier molecular flexibility index (Phi) is 5.49. The Morgan fingerprint density at radius 3 is 1.92 bits per heavy atom. The van der Waals surface area contributed by atoms with Crippen molar-refractivity contribution in [2.75, 3.05) is 0 Å². The number of benzene rings is 3. The Hall–Kier alpha value is -2.62. The molecule has 1 atom stereocenters. The molecule has 3 rings (SSSR count). The van der Waals surface area contributed by atoms with Crippen molar-refractivity contribution in [3.05, 3.63) is 102 Å². The zero-order chi connectivity index (χ0) is 17.5. The molecule has 0 amide bonds. The molecule has 1 unspecified atom stereocenters. The zero-order valence-electron chi connectivity index (χ0n) is 14.1. The minimum absolute atomic E-state index is 0.460. The zero-order valence-corrected chi connectivity index (χ0v) is 14.1. The van der Waals surface area contributed by atoms with Crippen molar-refractivity contribution >= 4 is 0 Å². The van der Waals surface area contributed by atoms with Gasteiger partial charge in [0.2, 0.25) is 0 Å². The summed E-state index contributed by atoms with van der Waals surface area (Å²) in [6.45, 7) is 0.515. The van der Waals surface area contributed by atoms with E-state index in [4.69, 9.17) is 10.5 Å². The van der Waals surface area contributed by atoms with E-state index in [1.807, 2.05) is 84.9 Å². The molecule has 0 aliphatic rings. The first kappa shape index (κ1) is 17.2. The molecule has 0 saturated heterocycles. The topological polar surface area (TPSA) is 55.5 Å². The third kappa shape index (κ3) is 4.92. The van der Waals surface area contributed by atoms with Crippen molar-refractivity contribution in [3.63, 3.8) is 0 Å². The van der Waals surface area contributed by atoms with Crippen molar-refractivity contribution in [2.24, 2.45) is 5.73 Å².